The molecule has 0 amide bonds. The standard InChI is InChI=1S/C23H22F3NO5/c1-14(2)18-8-3-15(11-21(18)32-23(24,25)26)13-30-17-6-4-16(5-7-17)19(12-22(28)29)20-9-10-31-27-20/h3-11,14,19H,12-13H2,1-2H3,(H,28,29)/t19-/m0/s1. The van der Waals surface area contributed by atoms with Gasteiger partial charge >= 0.3 is 12.3 Å². The number of carboxylic acids is 1. The first kappa shape index (κ1) is 23.2. The van der Waals surface area contributed by atoms with E-state index in [4.69, 9.17) is 9.26 Å². The van der Waals surface area contributed by atoms with Crippen LogP contribution in [0.25, 0.3) is 0 Å². The van der Waals surface area contributed by atoms with E-state index in [0.717, 1.165) is 5.56 Å². The molecule has 1 atom stereocenters. The van der Waals surface area contributed by atoms with Gasteiger partial charge in [-0.05, 0) is 40.8 Å². The Hall–Kier alpha value is -3.49. The van der Waals surface area contributed by atoms with Crippen LogP contribution in [0.5, 0.6) is 11.5 Å². The lowest BCUT2D eigenvalue weighted by Crippen LogP contribution is -2.18. The maximum atomic E-state index is 12.8. The summed E-state index contributed by atoms with van der Waals surface area (Å²) in [6, 6.07) is 13.0. The van der Waals surface area contributed by atoms with Crippen molar-refractivity contribution in [2.45, 2.75) is 45.1 Å². The van der Waals surface area contributed by atoms with Crippen molar-refractivity contribution in [2.24, 2.45) is 0 Å². The van der Waals surface area contributed by atoms with Gasteiger partial charge in [-0.3, -0.25) is 4.79 Å². The van der Waals surface area contributed by atoms with Crippen LogP contribution in [-0.2, 0) is 11.4 Å². The summed E-state index contributed by atoms with van der Waals surface area (Å²) in [6.45, 7) is 3.60. The molecule has 2 aromatic carbocycles. The minimum Gasteiger partial charge on any atom is -0.489 e. The molecule has 6 nitrogen and oxygen atoms in total. The Morgan fingerprint density at radius 3 is 2.41 bits per heavy atom. The highest BCUT2D eigenvalue weighted by atomic mass is 19.4. The predicted molar refractivity (Wildman–Crippen MR) is 109 cm³/mol. The van der Waals surface area contributed by atoms with Gasteiger partial charge in [0.25, 0.3) is 0 Å². The van der Waals surface area contributed by atoms with Crippen molar-refractivity contribution in [1.82, 2.24) is 5.16 Å². The topological polar surface area (TPSA) is 81.8 Å². The highest BCUT2D eigenvalue weighted by molar-refractivity contribution is 5.68. The van der Waals surface area contributed by atoms with Gasteiger partial charge in [-0.15, -0.1) is 13.2 Å². The summed E-state index contributed by atoms with van der Waals surface area (Å²) >= 11 is 0. The fraction of sp³-hybridized carbons (Fsp3) is 0.304. The fourth-order valence-electron chi connectivity index (χ4n) is 3.29. The smallest absolute Gasteiger partial charge is 0.489 e. The molecule has 0 aliphatic carbocycles. The van der Waals surface area contributed by atoms with Gasteiger partial charge in [0.05, 0.1) is 12.1 Å². The second kappa shape index (κ2) is 9.76. The van der Waals surface area contributed by atoms with Crippen LogP contribution in [0.15, 0.2) is 59.3 Å². The van der Waals surface area contributed by atoms with Crippen molar-refractivity contribution in [3.05, 3.63) is 77.2 Å². The molecule has 0 saturated carbocycles. The van der Waals surface area contributed by atoms with Crippen LogP contribution in [0.2, 0.25) is 0 Å². The summed E-state index contributed by atoms with van der Waals surface area (Å²) in [4.78, 5) is 11.2. The van der Waals surface area contributed by atoms with Gasteiger partial charge in [0, 0.05) is 12.0 Å². The Balaban J connectivity index is 1.72. The molecule has 0 bridgehead atoms. The zero-order chi connectivity index (χ0) is 23.3. The van der Waals surface area contributed by atoms with E-state index in [-0.39, 0.29) is 24.7 Å². The Kier molecular flexibility index (Phi) is 7.07. The summed E-state index contributed by atoms with van der Waals surface area (Å²) in [5, 5.41) is 13.0. The van der Waals surface area contributed by atoms with Crippen LogP contribution in [0.1, 0.15) is 54.5 Å². The van der Waals surface area contributed by atoms with Crippen LogP contribution in [-0.4, -0.2) is 22.6 Å². The van der Waals surface area contributed by atoms with Crippen LogP contribution >= 0.6 is 0 Å². The highest BCUT2D eigenvalue weighted by Crippen LogP contribution is 2.33. The Bertz CT molecular complexity index is 1030. The van der Waals surface area contributed by atoms with Crippen molar-refractivity contribution in [3.8, 4) is 11.5 Å². The summed E-state index contributed by atoms with van der Waals surface area (Å²) in [7, 11) is 0. The lowest BCUT2D eigenvalue weighted by atomic mass is 9.92. The van der Waals surface area contributed by atoms with Crippen LogP contribution in [0, 0.1) is 0 Å². The quantitative estimate of drug-likeness (QED) is 0.439. The average molecular weight is 449 g/mol. The molecule has 1 aromatic heterocycles. The maximum absolute atomic E-state index is 12.8. The first-order valence-electron chi connectivity index (χ1n) is 9.86. The van der Waals surface area contributed by atoms with Gasteiger partial charge < -0.3 is 19.1 Å². The minimum absolute atomic E-state index is 0.0355. The Morgan fingerprint density at radius 2 is 1.84 bits per heavy atom. The number of hydrogen-bond acceptors (Lipinski definition) is 5. The van der Waals surface area contributed by atoms with E-state index in [1.165, 1.54) is 12.3 Å². The number of hydrogen-bond donors (Lipinski definition) is 1. The van der Waals surface area contributed by atoms with Crippen molar-refractivity contribution in [3.63, 3.8) is 0 Å². The molecule has 0 fully saturated rings. The number of aromatic nitrogens is 1. The lowest BCUT2D eigenvalue weighted by Gasteiger charge is -2.17. The number of nitrogens with zero attached hydrogens (tertiary/aromatic N) is 1. The first-order chi connectivity index (χ1) is 15.1. The summed E-state index contributed by atoms with van der Waals surface area (Å²) in [6.07, 6.45) is -3.56. The van der Waals surface area contributed by atoms with Gasteiger partial charge in [-0.2, -0.15) is 0 Å². The first-order valence-corrected chi connectivity index (χ1v) is 9.86. The van der Waals surface area contributed by atoms with Crippen molar-refractivity contribution >= 4 is 5.97 Å². The third-order valence-corrected chi connectivity index (χ3v) is 4.81. The molecule has 3 rings (SSSR count). The van der Waals surface area contributed by atoms with E-state index in [1.54, 1.807) is 56.3 Å². The number of carboxylic acid groups (broad SMARTS) is 1. The lowest BCUT2D eigenvalue weighted by molar-refractivity contribution is -0.275. The number of alkyl halides is 3. The monoisotopic (exact) mass is 449 g/mol. The number of carbonyl (C=O) groups is 1. The summed E-state index contributed by atoms with van der Waals surface area (Å²) in [5.41, 5.74) is 2.19. The van der Waals surface area contributed by atoms with E-state index in [2.05, 4.69) is 9.89 Å². The number of ether oxygens (including phenoxy) is 2. The maximum Gasteiger partial charge on any atom is 0.573 e. The Labute approximate surface area is 182 Å². The molecule has 3 aromatic rings. The molecule has 32 heavy (non-hydrogen) atoms. The molecule has 0 aliphatic heterocycles. The second-order valence-electron chi connectivity index (χ2n) is 7.51. The summed E-state index contributed by atoms with van der Waals surface area (Å²) in [5.74, 6) is -1.35. The van der Waals surface area contributed by atoms with Gasteiger partial charge in [0.15, 0.2) is 0 Å². The largest absolute Gasteiger partial charge is 0.573 e. The van der Waals surface area contributed by atoms with E-state index in [1.807, 2.05) is 0 Å². The SMILES string of the molecule is CC(C)c1ccc(COc2ccc([C@H](CC(=O)O)c3ccon3)cc2)cc1OC(F)(F)F. The molecule has 0 radical (unpaired) electrons. The molecule has 1 N–H and O–H groups in total. The Morgan fingerprint density at radius 1 is 1.12 bits per heavy atom. The third kappa shape index (κ3) is 6.26. The second-order valence-corrected chi connectivity index (χ2v) is 7.51. The zero-order valence-corrected chi connectivity index (χ0v) is 17.4. The van der Waals surface area contributed by atoms with Crippen LogP contribution in [0.4, 0.5) is 13.2 Å². The van der Waals surface area contributed by atoms with E-state index in [0.29, 0.717) is 22.6 Å². The molecule has 170 valence electrons. The summed E-state index contributed by atoms with van der Waals surface area (Å²) < 4.78 is 53.0. The normalized spacial score (nSPS) is 12.6. The van der Waals surface area contributed by atoms with Crippen LogP contribution < -0.4 is 9.47 Å². The molecule has 9 heteroatoms. The molecule has 0 saturated heterocycles. The zero-order valence-electron chi connectivity index (χ0n) is 17.4. The van der Waals surface area contributed by atoms with Crippen molar-refractivity contribution in [2.75, 3.05) is 0 Å². The van der Waals surface area contributed by atoms with Gasteiger partial charge in [-0.1, -0.05) is 43.3 Å². The van der Waals surface area contributed by atoms with Crippen LogP contribution in [0.3, 0.4) is 0 Å². The van der Waals surface area contributed by atoms with Crippen molar-refractivity contribution < 1.29 is 37.1 Å². The number of benzene rings is 2. The predicted octanol–water partition coefficient (Wildman–Crippen LogP) is 5.88. The molecule has 0 aliphatic rings. The van der Waals surface area contributed by atoms with E-state index < -0.39 is 18.2 Å². The molecular formula is C23H22F3NO5. The third-order valence-electron chi connectivity index (χ3n) is 4.81. The van der Waals surface area contributed by atoms with Gasteiger partial charge in [0.2, 0.25) is 0 Å². The molecule has 0 spiro atoms. The van der Waals surface area contributed by atoms with E-state index in [9.17, 15) is 23.1 Å². The van der Waals surface area contributed by atoms with Gasteiger partial charge in [-0.25, -0.2) is 0 Å². The average Bonchev–Trinajstić information content (AvgIpc) is 3.24. The molecular weight excluding hydrogens is 427 g/mol. The van der Waals surface area contributed by atoms with Crippen molar-refractivity contribution in [1.29, 1.82) is 0 Å². The number of rotatable bonds is 9. The fourth-order valence-corrected chi connectivity index (χ4v) is 3.29. The molecule has 1 heterocycles. The van der Waals surface area contributed by atoms with Gasteiger partial charge in [0.1, 0.15) is 24.4 Å². The van der Waals surface area contributed by atoms with E-state index >= 15 is 0 Å². The molecule has 0 unspecified atom stereocenters. The highest BCUT2D eigenvalue weighted by Gasteiger charge is 2.32. The number of halogens is 3. The minimum atomic E-state index is -4.78. The number of aliphatic carboxylic acids is 1.